The number of hydrogen-bond donors (Lipinski definition) is 0. The Morgan fingerprint density at radius 1 is 0.774 bits per heavy atom. The van der Waals surface area contributed by atoms with Gasteiger partial charge in [-0.15, -0.1) is 0 Å². The van der Waals surface area contributed by atoms with Crippen molar-refractivity contribution in [1.29, 1.82) is 0 Å². The molecule has 3 heteroatoms. The maximum Gasteiger partial charge on any atom is 0.231 e. The third-order valence-electron chi connectivity index (χ3n) is 6.01. The molecule has 0 bridgehead atoms. The lowest BCUT2D eigenvalue weighted by atomic mass is 9.92. The highest BCUT2D eigenvalue weighted by atomic mass is 16.3. The van der Waals surface area contributed by atoms with Gasteiger partial charge in [0.05, 0.1) is 11.1 Å². The van der Waals surface area contributed by atoms with Crippen LogP contribution in [-0.2, 0) is 6.42 Å². The van der Waals surface area contributed by atoms with E-state index in [2.05, 4.69) is 85.6 Å². The highest BCUT2D eigenvalue weighted by molar-refractivity contribution is 6.21. The summed E-state index contributed by atoms with van der Waals surface area (Å²) in [5, 5.41) is 6.97. The molecule has 150 valence electrons. The smallest absolute Gasteiger partial charge is 0.231 e. The molecule has 0 amide bonds. The molecule has 0 radical (unpaired) electrons. The molecule has 31 heavy (non-hydrogen) atoms. The Kier molecular flexibility index (Phi) is 4.03. The van der Waals surface area contributed by atoms with Crippen LogP contribution in [0.2, 0.25) is 0 Å². The molecule has 0 saturated heterocycles. The number of aromatic nitrogens is 2. The van der Waals surface area contributed by atoms with Crippen LogP contribution in [0.4, 0.5) is 0 Å². The standard InChI is InChI=1S/C28H22N2O/c1-17(2)13-20-15-21(14-19-8-4-5-9-22(19)20)27-26-25-23-10-6-3-7-18(23)11-12-24(25)31-28(26)30-16-29-27/h3-12,14-17H,13H2,1-2H3. The van der Waals surface area contributed by atoms with Crippen molar-refractivity contribution in [3.63, 3.8) is 0 Å². The van der Waals surface area contributed by atoms with Gasteiger partial charge in [0.2, 0.25) is 5.71 Å². The second-order valence-corrected chi connectivity index (χ2v) is 8.62. The summed E-state index contributed by atoms with van der Waals surface area (Å²) in [6, 6.07) is 25.7. The predicted molar refractivity (Wildman–Crippen MR) is 128 cm³/mol. The van der Waals surface area contributed by atoms with Gasteiger partial charge in [-0.05, 0) is 57.6 Å². The van der Waals surface area contributed by atoms with E-state index in [4.69, 9.17) is 9.40 Å². The maximum absolute atomic E-state index is 6.15. The average Bonchev–Trinajstić information content (AvgIpc) is 3.18. The Morgan fingerprint density at radius 3 is 2.39 bits per heavy atom. The summed E-state index contributed by atoms with van der Waals surface area (Å²) in [4.78, 5) is 9.23. The van der Waals surface area contributed by atoms with Crippen LogP contribution in [0.1, 0.15) is 19.4 Å². The quantitative estimate of drug-likeness (QED) is 0.307. The van der Waals surface area contributed by atoms with Crippen LogP contribution in [0, 0.1) is 5.92 Å². The first-order valence-electron chi connectivity index (χ1n) is 10.8. The van der Waals surface area contributed by atoms with Crippen LogP contribution in [0.5, 0.6) is 0 Å². The maximum atomic E-state index is 6.15. The van der Waals surface area contributed by atoms with Gasteiger partial charge >= 0.3 is 0 Å². The van der Waals surface area contributed by atoms with Gasteiger partial charge < -0.3 is 4.42 Å². The third kappa shape index (κ3) is 2.89. The van der Waals surface area contributed by atoms with Gasteiger partial charge in [-0.2, -0.15) is 0 Å². The van der Waals surface area contributed by atoms with E-state index in [0.717, 1.165) is 39.4 Å². The van der Waals surface area contributed by atoms with Crippen molar-refractivity contribution in [2.45, 2.75) is 20.3 Å². The Bertz CT molecular complexity index is 1590. The molecule has 4 aromatic carbocycles. The molecule has 0 saturated carbocycles. The molecular weight excluding hydrogens is 380 g/mol. The Balaban J connectivity index is 1.72. The molecule has 2 heterocycles. The summed E-state index contributed by atoms with van der Waals surface area (Å²) < 4.78 is 6.15. The monoisotopic (exact) mass is 402 g/mol. The Labute approximate surface area is 180 Å². The van der Waals surface area contributed by atoms with Gasteiger partial charge in [0.15, 0.2) is 0 Å². The van der Waals surface area contributed by atoms with E-state index in [1.807, 2.05) is 6.07 Å². The van der Waals surface area contributed by atoms with Crippen LogP contribution in [-0.4, -0.2) is 9.97 Å². The Morgan fingerprint density at radius 2 is 1.55 bits per heavy atom. The molecule has 3 nitrogen and oxygen atoms in total. The highest BCUT2D eigenvalue weighted by Crippen LogP contribution is 2.39. The van der Waals surface area contributed by atoms with Gasteiger partial charge in [-0.3, -0.25) is 0 Å². The molecule has 0 aliphatic carbocycles. The zero-order valence-corrected chi connectivity index (χ0v) is 17.6. The molecule has 0 atom stereocenters. The van der Waals surface area contributed by atoms with Gasteiger partial charge in [0.1, 0.15) is 11.9 Å². The molecule has 0 aliphatic heterocycles. The van der Waals surface area contributed by atoms with Gasteiger partial charge in [-0.1, -0.05) is 68.4 Å². The van der Waals surface area contributed by atoms with Crippen molar-refractivity contribution in [1.82, 2.24) is 9.97 Å². The fraction of sp³-hybridized carbons (Fsp3) is 0.143. The van der Waals surface area contributed by atoms with E-state index in [1.165, 1.54) is 21.7 Å². The lowest BCUT2D eigenvalue weighted by Gasteiger charge is -2.12. The number of nitrogens with zero attached hydrogens (tertiary/aromatic N) is 2. The molecule has 0 fully saturated rings. The van der Waals surface area contributed by atoms with Crippen LogP contribution in [0.15, 0.2) is 83.5 Å². The van der Waals surface area contributed by atoms with Crippen LogP contribution in [0.3, 0.4) is 0 Å². The van der Waals surface area contributed by atoms with E-state index >= 15 is 0 Å². The van der Waals surface area contributed by atoms with E-state index in [9.17, 15) is 0 Å². The normalized spacial score (nSPS) is 12.0. The summed E-state index contributed by atoms with van der Waals surface area (Å²) in [7, 11) is 0. The van der Waals surface area contributed by atoms with Crippen LogP contribution >= 0.6 is 0 Å². The fourth-order valence-corrected chi connectivity index (χ4v) is 4.73. The summed E-state index contributed by atoms with van der Waals surface area (Å²) in [6.45, 7) is 4.53. The van der Waals surface area contributed by atoms with Crippen molar-refractivity contribution in [2.75, 3.05) is 0 Å². The van der Waals surface area contributed by atoms with Crippen LogP contribution in [0.25, 0.3) is 54.9 Å². The van der Waals surface area contributed by atoms with E-state index in [1.54, 1.807) is 6.33 Å². The SMILES string of the molecule is CC(C)Cc1cc(-c2ncnc3oc4ccc5ccccc5c4c23)cc2ccccc12. The molecule has 0 aliphatic rings. The topological polar surface area (TPSA) is 38.9 Å². The fourth-order valence-electron chi connectivity index (χ4n) is 4.73. The number of fused-ring (bicyclic) bond motifs is 6. The largest absolute Gasteiger partial charge is 0.438 e. The molecule has 0 N–H and O–H groups in total. The molecule has 0 unspecified atom stereocenters. The number of rotatable bonds is 3. The molecule has 6 aromatic rings. The first-order valence-corrected chi connectivity index (χ1v) is 10.8. The van der Waals surface area contributed by atoms with Gasteiger partial charge in [0.25, 0.3) is 0 Å². The van der Waals surface area contributed by atoms with Crippen molar-refractivity contribution < 1.29 is 4.42 Å². The number of hydrogen-bond acceptors (Lipinski definition) is 3. The minimum Gasteiger partial charge on any atom is -0.438 e. The van der Waals surface area contributed by atoms with Crippen molar-refractivity contribution in [3.05, 3.63) is 84.7 Å². The van der Waals surface area contributed by atoms with Gasteiger partial charge in [-0.25, -0.2) is 9.97 Å². The van der Waals surface area contributed by atoms with Crippen molar-refractivity contribution in [2.24, 2.45) is 5.92 Å². The van der Waals surface area contributed by atoms with Crippen LogP contribution < -0.4 is 0 Å². The zero-order valence-electron chi connectivity index (χ0n) is 17.6. The first-order chi connectivity index (χ1) is 15.2. The van der Waals surface area contributed by atoms with E-state index < -0.39 is 0 Å². The summed E-state index contributed by atoms with van der Waals surface area (Å²) in [6.07, 6.45) is 2.64. The minimum absolute atomic E-state index is 0.572. The average molecular weight is 402 g/mol. The Hall–Kier alpha value is -3.72. The predicted octanol–water partition coefficient (Wildman–Crippen LogP) is 7.55. The summed E-state index contributed by atoms with van der Waals surface area (Å²) in [5.41, 5.74) is 4.87. The lowest BCUT2D eigenvalue weighted by Crippen LogP contribution is -1.97. The second kappa shape index (κ2) is 6.92. The molecule has 6 rings (SSSR count). The van der Waals surface area contributed by atoms with E-state index in [-0.39, 0.29) is 0 Å². The number of benzene rings is 4. The number of furan rings is 1. The van der Waals surface area contributed by atoms with Crippen molar-refractivity contribution >= 4 is 43.6 Å². The molecular formula is C28H22N2O. The highest BCUT2D eigenvalue weighted by Gasteiger charge is 2.18. The lowest BCUT2D eigenvalue weighted by molar-refractivity contribution is 0.650. The van der Waals surface area contributed by atoms with E-state index in [0.29, 0.717) is 11.6 Å². The molecule has 2 aromatic heterocycles. The minimum atomic E-state index is 0.572. The van der Waals surface area contributed by atoms with Gasteiger partial charge in [0, 0.05) is 10.9 Å². The summed E-state index contributed by atoms with van der Waals surface area (Å²) >= 11 is 0. The molecule has 0 spiro atoms. The van der Waals surface area contributed by atoms with Crippen molar-refractivity contribution in [3.8, 4) is 11.3 Å². The zero-order chi connectivity index (χ0) is 20.9. The third-order valence-corrected chi connectivity index (χ3v) is 6.01. The first kappa shape index (κ1) is 18.1. The second-order valence-electron chi connectivity index (χ2n) is 8.62. The summed E-state index contributed by atoms with van der Waals surface area (Å²) in [5.74, 6) is 0.572.